The molecule has 0 aliphatic carbocycles. The van der Waals surface area contributed by atoms with Gasteiger partial charge in [0, 0.05) is 24.2 Å². The van der Waals surface area contributed by atoms with Crippen LogP contribution in [0.25, 0.3) is 10.8 Å². The Morgan fingerprint density at radius 3 is 2.29 bits per heavy atom. The van der Waals surface area contributed by atoms with E-state index in [4.69, 9.17) is 4.74 Å². The van der Waals surface area contributed by atoms with Gasteiger partial charge in [-0.25, -0.2) is 4.68 Å². The van der Waals surface area contributed by atoms with Crippen LogP contribution in [0.1, 0.15) is 48.9 Å². The van der Waals surface area contributed by atoms with Crippen molar-refractivity contribution in [2.24, 2.45) is 0 Å². The molecule has 0 bridgehead atoms. The summed E-state index contributed by atoms with van der Waals surface area (Å²) in [5, 5.41) is 8.50. The lowest BCUT2D eigenvalue weighted by molar-refractivity contribution is 0.0934. The Morgan fingerprint density at radius 1 is 1.00 bits per heavy atom. The normalized spacial score (nSPS) is 15.3. The predicted octanol–water partition coefficient (Wildman–Crippen LogP) is 3.31. The van der Waals surface area contributed by atoms with E-state index in [1.165, 1.54) is 4.68 Å². The van der Waals surface area contributed by atoms with Gasteiger partial charge >= 0.3 is 0 Å². The van der Waals surface area contributed by atoms with Gasteiger partial charge in [-0.15, -0.1) is 0 Å². The summed E-state index contributed by atoms with van der Waals surface area (Å²) in [5.41, 5.74) is 2.24. The molecule has 2 aromatic carbocycles. The van der Waals surface area contributed by atoms with Gasteiger partial charge in [-0.05, 0) is 44.5 Å². The van der Waals surface area contributed by atoms with E-state index in [2.05, 4.69) is 27.4 Å². The molecule has 31 heavy (non-hydrogen) atoms. The smallest absolute Gasteiger partial charge is 0.274 e. The molecule has 1 unspecified atom stereocenters. The van der Waals surface area contributed by atoms with Crippen molar-refractivity contribution in [1.29, 1.82) is 0 Å². The fraction of sp³-hybridized carbons (Fsp3) is 0.375. The number of nitrogens with zero attached hydrogens (tertiary/aromatic N) is 3. The van der Waals surface area contributed by atoms with E-state index in [-0.39, 0.29) is 29.2 Å². The van der Waals surface area contributed by atoms with Crippen molar-refractivity contribution in [2.75, 3.05) is 31.2 Å². The fourth-order valence-electron chi connectivity index (χ4n) is 3.87. The third-order valence-corrected chi connectivity index (χ3v) is 5.65. The molecular formula is C24H28N4O3. The summed E-state index contributed by atoms with van der Waals surface area (Å²) in [4.78, 5) is 28.1. The zero-order chi connectivity index (χ0) is 22.0. The van der Waals surface area contributed by atoms with Crippen molar-refractivity contribution in [1.82, 2.24) is 15.1 Å². The average molecular weight is 421 g/mol. The van der Waals surface area contributed by atoms with Gasteiger partial charge in [0.05, 0.1) is 30.7 Å². The number of ether oxygens (including phenoxy) is 1. The topological polar surface area (TPSA) is 76.5 Å². The highest BCUT2D eigenvalue weighted by molar-refractivity contribution is 6.04. The highest BCUT2D eigenvalue weighted by atomic mass is 16.5. The molecule has 1 aromatic heterocycles. The standard InChI is InChI=1S/C24H28N4O3/c1-16(2)28-24(30)21-7-5-4-6-20(21)22(26-28)23(29)25-17(3)18-8-10-19(11-9-18)27-12-14-31-15-13-27/h4-11,16-17H,12-15H2,1-3H3,(H,25,29). The highest BCUT2D eigenvalue weighted by Crippen LogP contribution is 2.21. The van der Waals surface area contributed by atoms with Gasteiger partial charge in [0.15, 0.2) is 5.69 Å². The molecule has 1 fully saturated rings. The van der Waals surface area contributed by atoms with Gasteiger partial charge in [-0.3, -0.25) is 9.59 Å². The molecule has 0 radical (unpaired) electrons. The SMILES string of the molecule is CC(NC(=O)c1nn(C(C)C)c(=O)c2ccccc12)c1ccc(N2CCOCC2)cc1. The summed E-state index contributed by atoms with van der Waals surface area (Å²) in [6.45, 7) is 8.96. The van der Waals surface area contributed by atoms with Gasteiger partial charge in [0.1, 0.15) is 0 Å². The van der Waals surface area contributed by atoms with Crippen LogP contribution in [-0.2, 0) is 4.74 Å². The largest absolute Gasteiger partial charge is 0.378 e. The number of nitrogens with one attached hydrogen (secondary N) is 1. The van der Waals surface area contributed by atoms with E-state index in [0.29, 0.717) is 10.8 Å². The molecule has 1 amide bonds. The van der Waals surface area contributed by atoms with Crippen LogP contribution in [-0.4, -0.2) is 42.0 Å². The molecule has 3 aromatic rings. The second-order valence-corrected chi connectivity index (χ2v) is 8.12. The summed E-state index contributed by atoms with van der Waals surface area (Å²) in [6, 6.07) is 15.0. The molecule has 162 valence electrons. The lowest BCUT2D eigenvalue weighted by Crippen LogP contribution is -2.36. The molecule has 1 N–H and O–H groups in total. The summed E-state index contributed by atoms with van der Waals surface area (Å²) in [5.74, 6) is -0.296. The summed E-state index contributed by atoms with van der Waals surface area (Å²) >= 11 is 0. The van der Waals surface area contributed by atoms with Gasteiger partial charge < -0.3 is 15.0 Å². The average Bonchev–Trinajstić information content (AvgIpc) is 2.80. The van der Waals surface area contributed by atoms with E-state index in [1.54, 1.807) is 18.2 Å². The molecule has 0 spiro atoms. The molecule has 0 saturated carbocycles. The Bertz CT molecular complexity index is 1130. The Kier molecular flexibility index (Phi) is 6.04. The van der Waals surface area contributed by atoms with Crippen LogP contribution in [0, 0.1) is 0 Å². The maximum absolute atomic E-state index is 13.1. The lowest BCUT2D eigenvalue weighted by Gasteiger charge is -2.29. The molecular weight excluding hydrogens is 392 g/mol. The second-order valence-electron chi connectivity index (χ2n) is 8.12. The van der Waals surface area contributed by atoms with Crippen LogP contribution in [0.2, 0.25) is 0 Å². The van der Waals surface area contributed by atoms with Gasteiger partial charge in [0.25, 0.3) is 11.5 Å². The third kappa shape index (κ3) is 4.32. The highest BCUT2D eigenvalue weighted by Gasteiger charge is 2.20. The molecule has 2 heterocycles. The minimum Gasteiger partial charge on any atom is -0.378 e. The monoisotopic (exact) mass is 420 g/mol. The van der Waals surface area contributed by atoms with Gasteiger partial charge in [0.2, 0.25) is 0 Å². The number of fused-ring (bicyclic) bond motifs is 1. The van der Waals surface area contributed by atoms with Crippen LogP contribution in [0.3, 0.4) is 0 Å². The molecule has 1 aliphatic rings. The number of hydrogen-bond donors (Lipinski definition) is 1. The van der Waals surface area contributed by atoms with E-state index >= 15 is 0 Å². The lowest BCUT2D eigenvalue weighted by atomic mass is 10.1. The minimum atomic E-state index is -0.296. The van der Waals surface area contributed by atoms with Crippen molar-refractivity contribution >= 4 is 22.4 Å². The zero-order valence-electron chi connectivity index (χ0n) is 18.2. The molecule has 7 nitrogen and oxygen atoms in total. The van der Waals surface area contributed by atoms with Crippen LogP contribution < -0.4 is 15.8 Å². The molecule has 7 heteroatoms. The number of morpholine rings is 1. The Hall–Kier alpha value is -3.19. The van der Waals surface area contributed by atoms with Crippen LogP contribution in [0.5, 0.6) is 0 Å². The first-order valence-electron chi connectivity index (χ1n) is 10.7. The van der Waals surface area contributed by atoms with Crippen molar-refractivity contribution in [3.8, 4) is 0 Å². The minimum absolute atomic E-state index is 0.145. The van der Waals surface area contributed by atoms with Crippen molar-refractivity contribution in [3.63, 3.8) is 0 Å². The molecule has 1 saturated heterocycles. The van der Waals surface area contributed by atoms with Gasteiger partial charge in [-0.1, -0.05) is 30.3 Å². The number of carbonyl (C=O) groups excluding carboxylic acids is 1. The van der Waals surface area contributed by atoms with Crippen LogP contribution in [0.4, 0.5) is 5.69 Å². The Balaban J connectivity index is 1.57. The van der Waals surface area contributed by atoms with Crippen LogP contribution >= 0.6 is 0 Å². The van der Waals surface area contributed by atoms with Gasteiger partial charge in [-0.2, -0.15) is 5.10 Å². The third-order valence-electron chi connectivity index (χ3n) is 5.65. The Morgan fingerprint density at radius 2 is 1.65 bits per heavy atom. The summed E-state index contributed by atoms with van der Waals surface area (Å²) < 4.78 is 6.79. The first-order chi connectivity index (χ1) is 15.0. The molecule has 1 atom stereocenters. The predicted molar refractivity (Wildman–Crippen MR) is 122 cm³/mol. The van der Waals surface area contributed by atoms with Crippen molar-refractivity contribution in [2.45, 2.75) is 32.9 Å². The fourth-order valence-corrected chi connectivity index (χ4v) is 3.87. The number of carbonyl (C=O) groups is 1. The second kappa shape index (κ2) is 8.89. The number of benzene rings is 2. The number of anilines is 1. The Labute approximate surface area is 181 Å². The zero-order valence-corrected chi connectivity index (χ0v) is 18.2. The molecule has 1 aliphatic heterocycles. The van der Waals surface area contributed by atoms with Crippen LogP contribution in [0.15, 0.2) is 53.3 Å². The molecule has 4 rings (SSSR count). The van der Waals surface area contributed by atoms with E-state index in [9.17, 15) is 9.59 Å². The quantitative estimate of drug-likeness (QED) is 0.685. The van der Waals surface area contributed by atoms with E-state index in [0.717, 1.165) is 37.6 Å². The first kappa shape index (κ1) is 21.1. The maximum atomic E-state index is 13.1. The summed E-state index contributed by atoms with van der Waals surface area (Å²) in [6.07, 6.45) is 0. The van der Waals surface area contributed by atoms with Crippen molar-refractivity contribution in [3.05, 3.63) is 70.1 Å². The first-order valence-corrected chi connectivity index (χ1v) is 10.7. The maximum Gasteiger partial charge on any atom is 0.274 e. The number of aromatic nitrogens is 2. The number of rotatable bonds is 5. The number of amides is 1. The van der Waals surface area contributed by atoms with E-state index in [1.807, 2.05) is 39.0 Å². The van der Waals surface area contributed by atoms with Crippen molar-refractivity contribution < 1.29 is 9.53 Å². The number of hydrogen-bond acceptors (Lipinski definition) is 5. The van der Waals surface area contributed by atoms with E-state index < -0.39 is 0 Å². The summed E-state index contributed by atoms with van der Waals surface area (Å²) in [7, 11) is 0.